The van der Waals surface area contributed by atoms with Crippen molar-refractivity contribution in [3.63, 3.8) is 0 Å². The summed E-state index contributed by atoms with van der Waals surface area (Å²) in [5.74, 6) is 1.11. The Balaban J connectivity index is 1.82. The topological polar surface area (TPSA) is 72.8 Å². The molecule has 0 bridgehead atoms. The van der Waals surface area contributed by atoms with Gasteiger partial charge in [-0.15, -0.1) is 0 Å². The number of hydrazone groups is 1. The molecule has 3 aromatic rings. The fourth-order valence-electron chi connectivity index (χ4n) is 3.18. The number of hydrogen-bond donors (Lipinski definition) is 1. The highest BCUT2D eigenvalue weighted by atomic mass is 16.5. The van der Waals surface area contributed by atoms with Crippen LogP contribution in [-0.4, -0.2) is 30.3 Å². The second kappa shape index (κ2) is 10.4. The van der Waals surface area contributed by atoms with Crippen molar-refractivity contribution in [2.75, 3.05) is 13.2 Å². The first-order valence-corrected chi connectivity index (χ1v) is 10.3. The molecule has 1 aromatic heterocycles. The number of amides is 1. The van der Waals surface area contributed by atoms with E-state index in [9.17, 15) is 4.79 Å². The SMILES string of the molecule is CCCc1cc(C(=O)NN=Cc2ccc(OCC)cc2OCC)c2ccccc2n1. The molecule has 0 atom stereocenters. The fraction of sp³-hybridized carbons (Fsp3) is 0.292. The van der Waals surface area contributed by atoms with Gasteiger partial charge in [-0.3, -0.25) is 9.78 Å². The number of ether oxygens (including phenoxy) is 2. The van der Waals surface area contributed by atoms with Gasteiger partial charge in [-0.2, -0.15) is 5.10 Å². The van der Waals surface area contributed by atoms with Crippen molar-refractivity contribution in [1.29, 1.82) is 0 Å². The fourth-order valence-corrected chi connectivity index (χ4v) is 3.18. The molecule has 1 amide bonds. The smallest absolute Gasteiger partial charge is 0.272 e. The number of carbonyl (C=O) groups excluding carboxylic acids is 1. The van der Waals surface area contributed by atoms with Crippen LogP contribution in [0.25, 0.3) is 10.9 Å². The summed E-state index contributed by atoms with van der Waals surface area (Å²) in [6.07, 6.45) is 3.36. The molecule has 0 radical (unpaired) electrons. The molecule has 0 unspecified atom stereocenters. The highest BCUT2D eigenvalue weighted by Gasteiger charge is 2.12. The Morgan fingerprint density at radius 1 is 1.07 bits per heavy atom. The highest BCUT2D eigenvalue weighted by molar-refractivity contribution is 6.06. The minimum absolute atomic E-state index is 0.272. The van der Waals surface area contributed by atoms with Crippen molar-refractivity contribution in [1.82, 2.24) is 10.4 Å². The van der Waals surface area contributed by atoms with Gasteiger partial charge in [0.2, 0.25) is 0 Å². The molecule has 6 heteroatoms. The number of fused-ring (bicyclic) bond motifs is 1. The summed E-state index contributed by atoms with van der Waals surface area (Å²) in [6, 6.07) is 15.0. The molecule has 156 valence electrons. The lowest BCUT2D eigenvalue weighted by molar-refractivity contribution is 0.0956. The van der Waals surface area contributed by atoms with Crippen LogP contribution in [0.5, 0.6) is 11.5 Å². The highest BCUT2D eigenvalue weighted by Crippen LogP contribution is 2.24. The first-order valence-electron chi connectivity index (χ1n) is 10.3. The molecular formula is C24H27N3O3. The van der Waals surface area contributed by atoms with E-state index in [0.29, 0.717) is 24.5 Å². The van der Waals surface area contributed by atoms with E-state index in [1.54, 1.807) is 6.21 Å². The Labute approximate surface area is 176 Å². The minimum Gasteiger partial charge on any atom is -0.494 e. The van der Waals surface area contributed by atoms with Gasteiger partial charge in [0.05, 0.1) is 30.5 Å². The third-order valence-corrected chi connectivity index (χ3v) is 4.49. The molecule has 0 saturated carbocycles. The average molecular weight is 405 g/mol. The van der Waals surface area contributed by atoms with Gasteiger partial charge in [0.25, 0.3) is 5.91 Å². The lowest BCUT2D eigenvalue weighted by atomic mass is 10.1. The monoisotopic (exact) mass is 405 g/mol. The Morgan fingerprint density at radius 3 is 2.63 bits per heavy atom. The number of aromatic nitrogens is 1. The van der Waals surface area contributed by atoms with Crippen molar-refractivity contribution in [2.24, 2.45) is 5.10 Å². The zero-order valence-corrected chi connectivity index (χ0v) is 17.6. The van der Waals surface area contributed by atoms with Crippen LogP contribution in [0.15, 0.2) is 53.6 Å². The molecule has 30 heavy (non-hydrogen) atoms. The number of para-hydroxylation sites is 1. The van der Waals surface area contributed by atoms with Crippen molar-refractivity contribution in [2.45, 2.75) is 33.6 Å². The lowest BCUT2D eigenvalue weighted by Crippen LogP contribution is -2.18. The summed E-state index contributed by atoms with van der Waals surface area (Å²) in [7, 11) is 0. The van der Waals surface area contributed by atoms with Crippen LogP contribution in [0.2, 0.25) is 0 Å². The lowest BCUT2D eigenvalue weighted by Gasteiger charge is -2.10. The number of rotatable bonds is 9. The van der Waals surface area contributed by atoms with Crippen molar-refractivity contribution in [3.05, 3.63) is 65.4 Å². The van der Waals surface area contributed by atoms with Gasteiger partial charge in [-0.05, 0) is 44.5 Å². The molecule has 0 spiro atoms. The van der Waals surface area contributed by atoms with E-state index in [4.69, 9.17) is 9.47 Å². The zero-order chi connectivity index (χ0) is 21.3. The molecule has 6 nitrogen and oxygen atoms in total. The van der Waals surface area contributed by atoms with Crippen LogP contribution in [0.3, 0.4) is 0 Å². The maximum absolute atomic E-state index is 12.9. The predicted octanol–water partition coefficient (Wildman–Crippen LogP) is 4.75. The summed E-state index contributed by atoms with van der Waals surface area (Å²) in [5.41, 5.74) is 5.66. The number of pyridine rings is 1. The molecule has 0 fully saturated rings. The standard InChI is InChI=1S/C24H27N3O3/c1-4-9-18-14-21(20-10-7-8-11-22(20)26-18)24(28)27-25-16-17-12-13-19(29-5-2)15-23(17)30-6-3/h7-8,10-16H,4-6,9H2,1-3H3,(H,27,28). The first-order chi connectivity index (χ1) is 14.7. The normalized spacial score (nSPS) is 11.0. The van der Waals surface area contributed by atoms with Gasteiger partial charge in [-0.25, -0.2) is 5.43 Å². The van der Waals surface area contributed by atoms with E-state index >= 15 is 0 Å². The summed E-state index contributed by atoms with van der Waals surface area (Å²) < 4.78 is 11.2. The Morgan fingerprint density at radius 2 is 1.87 bits per heavy atom. The number of hydrogen-bond acceptors (Lipinski definition) is 5. The van der Waals surface area contributed by atoms with Crippen molar-refractivity contribution >= 4 is 23.0 Å². The second-order valence-electron chi connectivity index (χ2n) is 6.69. The van der Waals surface area contributed by atoms with E-state index in [1.807, 2.05) is 62.4 Å². The third-order valence-electron chi connectivity index (χ3n) is 4.49. The van der Waals surface area contributed by atoms with E-state index in [-0.39, 0.29) is 5.91 Å². The Bertz CT molecular complexity index is 1050. The van der Waals surface area contributed by atoms with Gasteiger partial charge in [0, 0.05) is 22.7 Å². The van der Waals surface area contributed by atoms with Gasteiger partial charge < -0.3 is 9.47 Å². The number of nitrogens with one attached hydrogen (secondary N) is 1. The zero-order valence-electron chi connectivity index (χ0n) is 17.6. The summed E-state index contributed by atoms with van der Waals surface area (Å²) in [6.45, 7) is 7.03. The van der Waals surface area contributed by atoms with Gasteiger partial charge in [0.1, 0.15) is 11.5 Å². The largest absolute Gasteiger partial charge is 0.494 e. The first kappa shape index (κ1) is 21.3. The molecule has 1 heterocycles. The van der Waals surface area contributed by atoms with Gasteiger partial charge in [-0.1, -0.05) is 31.5 Å². The molecule has 0 aliphatic carbocycles. The van der Waals surface area contributed by atoms with E-state index in [1.165, 1.54) is 0 Å². The molecule has 2 aromatic carbocycles. The van der Waals surface area contributed by atoms with Crippen LogP contribution < -0.4 is 14.9 Å². The van der Waals surface area contributed by atoms with Gasteiger partial charge in [0.15, 0.2) is 0 Å². The molecule has 0 saturated heterocycles. The molecule has 1 N–H and O–H groups in total. The van der Waals surface area contributed by atoms with Crippen molar-refractivity contribution < 1.29 is 14.3 Å². The molecular weight excluding hydrogens is 378 g/mol. The molecule has 0 aliphatic heterocycles. The van der Waals surface area contributed by atoms with E-state index < -0.39 is 0 Å². The van der Waals surface area contributed by atoms with Crippen LogP contribution in [0, 0.1) is 0 Å². The number of carbonyl (C=O) groups is 1. The van der Waals surface area contributed by atoms with E-state index in [0.717, 1.165) is 40.8 Å². The average Bonchev–Trinajstić information content (AvgIpc) is 2.75. The summed E-state index contributed by atoms with van der Waals surface area (Å²) in [4.78, 5) is 17.5. The van der Waals surface area contributed by atoms with Crippen LogP contribution >= 0.6 is 0 Å². The van der Waals surface area contributed by atoms with Crippen LogP contribution in [0.1, 0.15) is 48.8 Å². The van der Waals surface area contributed by atoms with Crippen molar-refractivity contribution in [3.8, 4) is 11.5 Å². The summed E-state index contributed by atoms with van der Waals surface area (Å²) >= 11 is 0. The number of benzene rings is 2. The minimum atomic E-state index is -0.272. The third kappa shape index (κ3) is 5.14. The maximum Gasteiger partial charge on any atom is 0.272 e. The molecule has 3 rings (SSSR count). The Kier molecular flexibility index (Phi) is 7.38. The quantitative estimate of drug-likeness (QED) is 0.412. The van der Waals surface area contributed by atoms with Crippen LogP contribution in [0.4, 0.5) is 0 Å². The number of nitrogens with zero attached hydrogens (tertiary/aromatic N) is 2. The van der Waals surface area contributed by atoms with Gasteiger partial charge >= 0.3 is 0 Å². The van der Waals surface area contributed by atoms with Crippen LogP contribution in [-0.2, 0) is 6.42 Å². The molecule has 0 aliphatic rings. The van der Waals surface area contributed by atoms with E-state index in [2.05, 4.69) is 22.4 Å². The predicted molar refractivity (Wildman–Crippen MR) is 120 cm³/mol. The second-order valence-corrected chi connectivity index (χ2v) is 6.69. The maximum atomic E-state index is 12.9. The Hall–Kier alpha value is -3.41. The number of aryl methyl sites for hydroxylation is 1. The summed E-state index contributed by atoms with van der Waals surface area (Å²) in [5, 5.41) is 4.96.